The fraction of sp³-hybridized carbons (Fsp3) is 0.444. The summed E-state index contributed by atoms with van der Waals surface area (Å²) in [6.07, 6.45) is 2.21. The van der Waals surface area contributed by atoms with Crippen LogP contribution in [-0.4, -0.2) is 34.6 Å². The van der Waals surface area contributed by atoms with E-state index >= 15 is 0 Å². The Labute approximate surface area is 152 Å². The molecule has 8 heteroatoms. The van der Waals surface area contributed by atoms with E-state index in [-0.39, 0.29) is 18.1 Å². The number of carbonyl (C=O) groups is 2. The zero-order valence-electron chi connectivity index (χ0n) is 15.7. The number of benzene rings is 1. The van der Waals surface area contributed by atoms with E-state index < -0.39 is 22.2 Å². The Kier molecular flexibility index (Phi) is 6.88. The van der Waals surface area contributed by atoms with Gasteiger partial charge in [-0.05, 0) is 46.3 Å². The van der Waals surface area contributed by atoms with E-state index in [2.05, 4.69) is 10.6 Å². The average Bonchev–Trinajstić information content (AvgIpc) is 2.49. The number of nitro benzene ring substituents is 1. The van der Waals surface area contributed by atoms with Crippen LogP contribution in [0.25, 0.3) is 6.08 Å². The Balaban J connectivity index is 2.58. The van der Waals surface area contributed by atoms with Gasteiger partial charge in [0.05, 0.1) is 10.5 Å². The van der Waals surface area contributed by atoms with Crippen LogP contribution in [0.3, 0.4) is 0 Å². The number of hydrogen-bond acceptors (Lipinski definition) is 5. The molecular formula is C18H25N3O5. The molecule has 0 aromatic heterocycles. The fourth-order valence-electron chi connectivity index (χ4n) is 1.94. The molecule has 0 aliphatic heterocycles. The number of amides is 2. The standard InChI is InChI=1S/C18H25N3O5/c1-17(2,3)26-16(23)19-12-18(4,5)20-15(22)10-9-13-7-6-8-14(11-13)21(24)25/h6-11H,12H2,1-5H3,(H,19,23)(H,20,22)/b10-9+. The molecule has 0 aliphatic carbocycles. The molecule has 8 nitrogen and oxygen atoms in total. The largest absolute Gasteiger partial charge is 0.444 e. The lowest BCUT2D eigenvalue weighted by Gasteiger charge is -2.27. The zero-order chi connectivity index (χ0) is 20.0. The van der Waals surface area contributed by atoms with Gasteiger partial charge in [-0.15, -0.1) is 0 Å². The van der Waals surface area contributed by atoms with Gasteiger partial charge < -0.3 is 15.4 Å². The van der Waals surface area contributed by atoms with Crippen LogP contribution in [0.4, 0.5) is 10.5 Å². The molecule has 0 atom stereocenters. The first-order chi connectivity index (χ1) is 11.9. The molecule has 0 radical (unpaired) electrons. The Hall–Kier alpha value is -2.90. The SMILES string of the molecule is CC(C)(CNC(=O)OC(C)(C)C)NC(=O)/C=C/c1cccc([N+](=O)[O-])c1. The maximum atomic E-state index is 12.0. The Morgan fingerprint density at radius 3 is 2.46 bits per heavy atom. The summed E-state index contributed by atoms with van der Waals surface area (Å²) in [6, 6.07) is 5.96. The minimum atomic E-state index is -0.707. The Bertz CT molecular complexity index is 705. The summed E-state index contributed by atoms with van der Waals surface area (Å²) >= 11 is 0. The van der Waals surface area contributed by atoms with Gasteiger partial charge in [-0.3, -0.25) is 14.9 Å². The molecule has 2 N–H and O–H groups in total. The normalized spacial score (nSPS) is 11.9. The van der Waals surface area contributed by atoms with Gasteiger partial charge in [-0.1, -0.05) is 12.1 Å². The number of carbonyl (C=O) groups excluding carboxylic acids is 2. The van der Waals surface area contributed by atoms with Crippen molar-refractivity contribution in [1.82, 2.24) is 10.6 Å². The van der Waals surface area contributed by atoms with E-state index in [4.69, 9.17) is 4.74 Å². The van der Waals surface area contributed by atoms with Crippen LogP contribution in [0, 0.1) is 10.1 Å². The summed E-state index contributed by atoms with van der Waals surface area (Å²) in [5.74, 6) is -0.382. The van der Waals surface area contributed by atoms with Gasteiger partial charge in [-0.25, -0.2) is 4.79 Å². The number of hydrogen-bond donors (Lipinski definition) is 2. The average molecular weight is 363 g/mol. The quantitative estimate of drug-likeness (QED) is 0.458. The molecule has 0 heterocycles. The van der Waals surface area contributed by atoms with E-state index in [1.807, 2.05) is 0 Å². The minimum absolute atomic E-state index is 0.0468. The summed E-state index contributed by atoms with van der Waals surface area (Å²) < 4.78 is 5.14. The second-order valence-corrected chi connectivity index (χ2v) is 7.41. The second-order valence-electron chi connectivity index (χ2n) is 7.41. The molecular weight excluding hydrogens is 338 g/mol. The molecule has 0 unspecified atom stereocenters. The van der Waals surface area contributed by atoms with Crippen molar-refractivity contribution in [1.29, 1.82) is 0 Å². The van der Waals surface area contributed by atoms with E-state index in [1.165, 1.54) is 24.3 Å². The van der Waals surface area contributed by atoms with Crippen LogP contribution in [0.1, 0.15) is 40.2 Å². The van der Waals surface area contributed by atoms with Gasteiger partial charge in [0.2, 0.25) is 5.91 Å². The molecule has 1 aromatic rings. The van der Waals surface area contributed by atoms with Crippen molar-refractivity contribution in [2.45, 2.75) is 45.8 Å². The number of alkyl carbamates (subject to hydrolysis) is 1. The number of nitrogens with one attached hydrogen (secondary N) is 2. The molecule has 0 aliphatic rings. The molecule has 0 saturated carbocycles. The highest BCUT2D eigenvalue weighted by Gasteiger charge is 2.22. The Morgan fingerprint density at radius 2 is 1.88 bits per heavy atom. The first-order valence-corrected chi connectivity index (χ1v) is 8.09. The fourth-order valence-corrected chi connectivity index (χ4v) is 1.94. The third kappa shape index (κ3) is 8.27. The van der Waals surface area contributed by atoms with Gasteiger partial charge in [-0.2, -0.15) is 0 Å². The number of nitro groups is 1. The van der Waals surface area contributed by atoms with Crippen LogP contribution >= 0.6 is 0 Å². The molecule has 1 aromatic carbocycles. The van der Waals surface area contributed by atoms with Crippen LogP contribution < -0.4 is 10.6 Å². The van der Waals surface area contributed by atoms with Crippen LogP contribution in [0.15, 0.2) is 30.3 Å². The number of nitrogens with zero attached hydrogens (tertiary/aromatic N) is 1. The molecule has 2 amide bonds. The molecule has 26 heavy (non-hydrogen) atoms. The number of rotatable bonds is 6. The van der Waals surface area contributed by atoms with Gasteiger partial charge in [0.1, 0.15) is 5.60 Å². The first-order valence-electron chi connectivity index (χ1n) is 8.09. The second kappa shape index (κ2) is 8.46. The number of non-ortho nitro benzene ring substituents is 1. The third-order valence-electron chi connectivity index (χ3n) is 3.04. The van der Waals surface area contributed by atoms with Crippen LogP contribution in [0.2, 0.25) is 0 Å². The summed E-state index contributed by atoms with van der Waals surface area (Å²) in [5.41, 5.74) is -0.812. The molecule has 0 spiro atoms. The Morgan fingerprint density at radius 1 is 1.23 bits per heavy atom. The predicted octanol–water partition coefficient (Wildman–Crippen LogP) is 3.03. The van der Waals surface area contributed by atoms with Gasteiger partial charge >= 0.3 is 6.09 Å². The summed E-state index contributed by atoms with van der Waals surface area (Å²) in [7, 11) is 0. The van der Waals surface area contributed by atoms with Crippen molar-refractivity contribution in [2.75, 3.05) is 6.54 Å². The van der Waals surface area contributed by atoms with Crippen molar-refractivity contribution in [2.24, 2.45) is 0 Å². The third-order valence-corrected chi connectivity index (χ3v) is 3.04. The van der Waals surface area contributed by atoms with Crippen molar-refractivity contribution in [3.8, 4) is 0 Å². The van der Waals surface area contributed by atoms with Gasteiger partial charge in [0, 0.05) is 24.8 Å². The lowest BCUT2D eigenvalue weighted by Crippen LogP contribution is -2.51. The van der Waals surface area contributed by atoms with E-state index in [1.54, 1.807) is 46.8 Å². The van der Waals surface area contributed by atoms with E-state index in [0.717, 1.165) is 0 Å². The predicted molar refractivity (Wildman–Crippen MR) is 98.6 cm³/mol. The highest BCUT2D eigenvalue weighted by atomic mass is 16.6. The molecule has 0 saturated heterocycles. The zero-order valence-corrected chi connectivity index (χ0v) is 15.7. The van der Waals surface area contributed by atoms with Crippen LogP contribution in [0.5, 0.6) is 0 Å². The maximum Gasteiger partial charge on any atom is 0.407 e. The highest BCUT2D eigenvalue weighted by molar-refractivity contribution is 5.92. The van der Waals surface area contributed by atoms with E-state index in [0.29, 0.717) is 5.56 Å². The lowest BCUT2D eigenvalue weighted by molar-refractivity contribution is -0.384. The minimum Gasteiger partial charge on any atom is -0.444 e. The maximum absolute atomic E-state index is 12.0. The summed E-state index contributed by atoms with van der Waals surface area (Å²) in [6.45, 7) is 8.97. The topological polar surface area (TPSA) is 111 Å². The van der Waals surface area contributed by atoms with Gasteiger partial charge in [0.15, 0.2) is 0 Å². The smallest absolute Gasteiger partial charge is 0.407 e. The molecule has 0 fully saturated rings. The van der Waals surface area contributed by atoms with Crippen molar-refractivity contribution in [3.63, 3.8) is 0 Å². The monoisotopic (exact) mass is 363 g/mol. The summed E-state index contributed by atoms with van der Waals surface area (Å²) in [5, 5.41) is 16.1. The van der Waals surface area contributed by atoms with Crippen molar-refractivity contribution < 1.29 is 19.2 Å². The first kappa shape index (κ1) is 21.1. The van der Waals surface area contributed by atoms with Crippen molar-refractivity contribution >= 4 is 23.8 Å². The molecule has 0 bridgehead atoms. The lowest BCUT2D eigenvalue weighted by atomic mass is 10.1. The summed E-state index contributed by atoms with van der Waals surface area (Å²) in [4.78, 5) is 34.0. The number of ether oxygens (including phenoxy) is 1. The van der Waals surface area contributed by atoms with Crippen LogP contribution in [-0.2, 0) is 9.53 Å². The molecule has 142 valence electrons. The molecule has 1 rings (SSSR count). The highest BCUT2D eigenvalue weighted by Crippen LogP contribution is 2.14. The van der Waals surface area contributed by atoms with Crippen molar-refractivity contribution in [3.05, 3.63) is 46.0 Å². The van der Waals surface area contributed by atoms with E-state index in [9.17, 15) is 19.7 Å². The van der Waals surface area contributed by atoms with Gasteiger partial charge in [0.25, 0.3) is 5.69 Å².